The van der Waals surface area contributed by atoms with Gasteiger partial charge in [0.2, 0.25) is 0 Å². The summed E-state index contributed by atoms with van der Waals surface area (Å²) in [6.45, 7) is 6.73. The van der Waals surface area contributed by atoms with Gasteiger partial charge in [0, 0.05) is 0 Å². The van der Waals surface area contributed by atoms with Crippen LogP contribution in [0.5, 0.6) is 0 Å². The molecule has 74 valence electrons. The SMILES string of the molecule is Cc1cc([SH](C)C)ccc1C(C)C. The fourth-order valence-electron chi connectivity index (χ4n) is 1.59. The molecule has 0 bridgehead atoms. The van der Waals surface area contributed by atoms with Gasteiger partial charge in [0.25, 0.3) is 0 Å². The predicted molar refractivity (Wildman–Crippen MR) is 64.4 cm³/mol. The molecule has 13 heavy (non-hydrogen) atoms. The summed E-state index contributed by atoms with van der Waals surface area (Å²) in [6.07, 6.45) is 4.61. The van der Waals surface area contributed by atoms with Crippen molar-refractivity contribution in [2.24, 2.45) is 0 Å². The van der Waals surface area contributed by atoms with Gasteiger partial charge in [-0.15, -0.1) is 0 Å². The molecule has 0 nitrogen and oxygen atoms in total. The van der Waals surface area contributed by atoms with Crippen LogP contribution in [0.2, 0.25) is 0 Å². The molecule has 0 fully saturated rings. The fourth-order valence-corrected chi connectivity index (χ4v) is 2.41. The van der Waals surface area contributed by atoms with E-state index in [0.29, 0.717) is 5.92 Å². The first-order valence-electron chi connectivity index (χ1n) is 4.80. The average Bonchev–Trinajstić information content (AvgIpc) is 2.03. The Kier molecular flexibility index (Phi) is 3.43. The summed E-state index contributed by atoms with van der Waals surface area (Å²) in [5.74, 6) is 0.647. The van der Waals surface area contributed by atoms with E-state index in [9.17, 15) is 0 Å². The van der Waals surface area contributed by atoms with Gasteiger partial charge in [-0.25, -0.2) is 10.9 Å². The van der Waals surface area contributed by atoms with E-state index in [1.165, 1.54) is 16.0 Å². The quantitative estimate of drug-likeness (QED) is 0.684. The monoisotopic (exact) mass is 196 g/mol. The zero-order valence-corrected chi connectivity index (χ0v) is 10.2. The first-order chi connectivity index (χ1) is 6.02. The maximum atomic E-state index is 2.35. The largest absolute Gasteiger partial charge is 0.233 e. The van der Waals surface area contributed by atoms with Crippen LogP contribution in [0.4, 0.5) is 0 Å². The lowest BCUT2D eigenvalue weighted by Gasteiger charge is -2.15. The lowest BCUT2D eigenvalue weighted by Crippen LogP contribution is -1.92. The highest BCUT2D eigenvalue weighted by molar-refractivity contribution is 8.15. The Balaban J connectivity index is 3.06. The van der Waals surface area contributed by atoms with Gasteiger partial charge < -0.3 is 0 Å². The smallest absolute Gasteiger partial charge is 0.0127 e. The molecule has 0 amide bonds. The van der Waals surface area contributed by atoms with E-state index >= 15 is 0 Å². The van der Waals surface area contributed by atoms with E-state index in [0.717, 1.165) is 0 Å². The van der Waals surface area contributed by atoms with Crippen molar-refractivity contribution >= 4 is 10.9 Å². The summed E-state index contributed by atoms with van der Waals surface area (Å²) in [6, 6.07) is 6.92. The lowest BCUT2D eigenvalue weighted by atomic mass is 9.98. The molecule has 0 unspecified atom stereocenters. The molecule has 0 aliphatic carbocycles. The highest BCUT2D eigenvalue weighted by Gasteiger charge is 2.04. The van der Waals surface area contributed by atoms with Crippen molar-refractivity contribution in [3.05, 3.63) is 29.3 Å². The Morgan fingerprint density at radius 3 is 2.15 bits per heavy atom. The normalized spacial score (nSPS) is 12.0. The van der Waals surface area contributed by atoms with Crippen molar-refractivity contribution in [3.63, 3.8) is 0 Å². The molecule has 0 heterocycles. The van der Waals surface area contributed by atoms with E-state index in [-0.39, 0.29) is 10.9 Å². The highest BCUT2D eigenvalue weighted by atomic mass is 32.2. The number of thiol groups is 1. The van der Waals surface area contributed by atoms with Crippen LogP contribution < -0.4 is 0 Å². The Labute approximate surface area is 84.7 Å². The Morgan fingerprint density at radius 2 is 1.77 bits per heavy atom. The van der Waals surface area contributed by atoms with E-state index in [4.69, 9.17) is 0 Å². The van der Waals surface area contributed by atoms with Crippen molar-refractivity contribution in [3.8, 4) is 0 Å². The van der Waals surface area contributed by atoms with Gasteiger partial charge in [-0.2, -0.15) is 0 Å². The van der Waals surface area contributed by atoms with E-state index in [2.05, 4.69) is 51.5 Å². The number of benzene rings is 1. The number of hydrogen-bond donors (Lipinski definition) is 1. The second-order valence-corrected chi connectivity index (χ2v) is 6.40. The summed E-state index contributed by atoms with van der Waals surface area (Å²) in [4.78, 5) is 1.51. The molecule has 1 heteroatoms. The molecular formula is C12H20S. The van der Waals surface area contributed by atoms with Crippen LogP contribution in [-0.4, -0.2) is 12.5 Å². The van der Waals surface area contributed by atoms with E-state index in [1.807, 2.05) is 0 Å². The van der Waals surface area contributed by atoms with Gasteiger partial charge in [-0.1, -0.05) is 26.0 Å². The van der Waals surface area contributed by atoms with Crippen LogP contribution in [-0.2, 0) is 0 Å². The maximum Gasteiger partial charge on any atom is -0.0127 e. The number of aryl methyl sites for hydroxylation is 1. The third kappa shape index (κ3) is 2.50. The van der Waals surface area contributed by atoms with Gasteiger partial charge >= 0.3 is 0 Å². The van der Waals surface area contributed by atoms with Gasteiger partial charge in [0.05, 0.1) is 0 Å². The summed E-state index contributed by atoms with van der Waals surface area (Å²) in [5, 5.41) is 0. The summed E-state index contributed by atoms with van der Waals surface area (Å²) >= 11 is 0. The highest BCUT2D eigenvalue weighted by Crippen LogP contribution is 2.31. The minimum absolute atomic E-state index is 0.0566. The van der Waals surface area contributed by atoms with Gasteiger partial charge in [-0.05, 0) is 47.4 Å². The van der Waals surface area contributed by atoms with Crippen LogP contribution in [0.15, 0.2) is 23.1 Å². The van der Waals surface area contributed by atoms with Gasteiger partial charge in [-0.3, -0.25) is 0 Å². The molecule has 0 saturated heterocycles. The predicted octanol–water partition coefficient (Wildman–Crippen LogP) is 3.74. The molecule has 0 aliphatic rings. The van der Waals surface area contributed by atoms with Crippen molar-refractivity contribution in [1.29, 1.82) is 0 Å². The van der Waals surface area contributed by atoms with Crippen molar-refractivity contribution in [1.82, 2.24) is 0 Å². The Hall–Kier alpha value is -0.430. The molecule has 0 aliphatic heterocycles. The fraction of sp³-hybridized carbons (Fsp3) is 0.500. The third-order valence-corrected chi connectivity index (χ3v) is 3.70. The molecule has 0 spiro atoms. The van der Waals surface area contributed by atoms with Crippen molar-refractivity contribution in [2.45, 2.75) is 31.6 Å². The molecule has 1 aromatic rings. The van der Waals surface area contributed by atoms with Crippen LogP contribution in [0, 0.1) is 6.92 Å². The second kappa shape index (κ2) is 4.19. The van der Waals surface area contributed by atoms with Crippen molar-refractivity contribution in [2.75, 3.05) is 12.5 Å². The maximum absolute atomic E-state index is 2.35. The molecule has 0 atom stereocenters. The molecule has 0 N–H and O–H groups in total. The van der Waals surface area contributed by atoms with E-state index < -0.39 is 0 Å². The second-order valence-electron chi connectivity index (χ2n) is 4.09. The zero-order chi connectivity index (χ0) is 10.0. The molecule has 1 aromatic carbocycles. The van der Waals surface area contributed by atoms with Gasteiger partial charge in [0.15, 0.2) is 0 Å². The average molecular weight is 196 g/mol. The Morgan fingerprint density at radius 1 is 1.15 bits per heavy atom. The van der Waals surface area contributed by atoms with Crippen LogP contribution in [0.25, 0.3) is 0 Å². The zero-order valence-electron chi connectivity index (χ0n) is 9.26. The summed E-state index contributed by atoms with van der Waals surface area (Å²) < 4.78 is 0. The molecule has 0 radical (unpaired) electrons. The summed E-state index contributed by atoms with van der Waals surface area (Å²) in [5.41, 5.74) is 2.93. The minimum atomic E-state index is 0.0566. The molecular weight excluding hydrogens is 176 g/mol. The topological polar surface area (TPSA) is 0 Å². The van der Waals surface area contributed by atoms with E-state index in [1.54, 1.807) is 0 Å². The van der Waals surface area contributed by atoms with Gasteiger partial charge in [0.1, 0.15) is 0 Å². The Bertz CT molecular complexity index is 287. The third-order valence-electron chi connectivity index (χ3n) is 2.39. The minimum Gasteiger partial charge on any atom is -0.233 e. The van der Waals surface area contributed by atoms with Crippen LogP contribution >= 0.6 is 10.9 Å². The summed E-state index contributed by atoms with van der Waals surface area (Å²) in [7, 11) is 0.0566. The van der Waals surface area contributed by atoms with Crippen molar-refractivity contribution < 1.29 is 0 Å². The first kappa shape index (κ1) is 10.6. The van der Waals surface area contributed by atoms with Crippen LogP contribution in [0.3, 0.4) is 0 Å². The molecule has 0 saturated carbocycles. The number of rotatable bonds is 2. The molecule has 1 rings (SSSR count). The standard InChI is InChI=1S/C12H20S/c1-9(2)12-7-6-11(13(4)5)8-10(12)3/h6-9,13H,1-5H3. The number of hydrogen-bond acceptors (Lipinski definition) is 0. The van der Waals surface area contributed by atoms with Crippen LogP contribution in [0.1, 0.15) is 30.9 Å². The lowest BCUT2D eigenvalue weighted by molar-refractivity contribution is 0.854. The molecule has 0 aromatic heterocycles. The first-order valence-corrected chi connectivity index (χ1v) is 7.04.